The molecule has 3 N–H and O–H groups in total. The molecule has 21 heavy (non-hydrogen) atoms. The van der Waals surface area contributed by atoms with Gasteiger partial charge in [0.15, 0.2) is 0 Å². The second kappa shape index (κ2) is 6.70. The van der Waals surface area contributed by atoms with Crippen molar-refractivity contribution >= 4 is 17.7 Å². The highest BCUT2D eigenvalue weighted by Crippen LogP contribution is 2.20. The first-order chi connectivity index (χ1) is 9.84. The van der Waals surface area contributed by atoms with Gasteiger partial charge in [0.1, 0.15) is 17.4 Å². The Labute approximate surface area is 121 Å². The molecule has 0 aliphatic heterocycles. The Bertz CT molecular complexity index is 598. The molecule has 0 radical (unpaired) electrons. The van der Waals surface area contributed by atoms with Gasteiger partial charge in [0, 0.05) is 6.54 Å². The summed E-state index contributed by atoms with van der Waals surface area (Å²) in [5, 5.41) is 22.7. The Morgan fingerprint density at radius 2 is 2.14 bits per heavy atom. The maximum absolute atomic E-state index is 13.4. The van der Waals surface area contributed by atoms with Gasteiger partial charge < -0.3 is 15.7 Å². The molecule has 0 heterocycles. The van der Waals surface area contributed by atoms with Crippen LogP contribution in [0.3, 0.4) is 0 Å². The van der Waals surface area contributed by atoms with Crippen LogP contribution in [0.25, 0.3) is 0 Å². The molecule has 7 heteroatoms. The van der Waals surface area contributed by atoms with Crippen LogP contribution in [0, 0.1) is 22.6 Å². The smallest absolute Gasteiger partial charge is 0.319 e. The van der Waals surface area contributed by atoms with E-state index in [1.54, 1.807) is 13.0 Å². The summed E-state index contributed by atoms with van der Waals surface area (Å²) in [7, 11) is 0. The van der Waals surface area contributed by atoms with E-state index in [4.69, 9.17) is 10.4 Å². The van der Waals surface area contributed by atoms with Crippen molar-refractivity contribution in [2.24, 2.45) is 5.41 Å². The highest BCUT2D eigenvalue weighted by molar-refractivity contribution is 5.91. The second-order valence-corrected chi connectivity index (χ2v) is 4.80. The minimum Gasteiger partial charge on any atom is -0.481 e. The Morgan fingerprint density at radius 3 is 2.67 bits per heavy atom. The molecular formula is C14H16FN3O3. The summed E-state index contributed by atoms with van der Waals surface area (Å²) in [6.45, 7) is 3.13. The fourth-order valence-electron chi connectivity index (χ4n) is 1.54. The lowest BCUT2D eigenvalue weighted by Crippen LogP contribution is -2.42. The molecule has 1 unspecified atom stereocenters. The van der Waals surface area contributed by atoms with Crippen LogP contribution in [-0.4, -0.2) is 23.7 Å². The molecule has 0 saturated carbocycles. The standard InChI is InChI=1S/C14H16FN3O3/c1-3-14(2,12(19)20)8-17-13(21)18-11-6-4-5-10(15)9(11)7-16/h4-6H,3,8H2,1-2H3,(H,19,20)(H2,17,18,21). The molecule has 0 saturated heterocycles. The summed E-state index contributed by atoms with van der Waals surface area (Å²) >= 11 is 0. The number of urea groups is 1. The van der Waals surface area contributed by atoms with Gasteiger partial charge in [0.25, 0.3) is 0 Å². The van der Waals surface area contributed by atoms with Crippen molar-refractivity contribution in [3.63, 3.8) is 0 Å². The number of anilines is 1. The summed E-state index contributed by atoms with van der Waals surface area (Å²) < 4.78 is 13.4. The van der Waals surface area contributed by atoms with Crippen molar-refractivity contribution in [1.29, 1.82) is 5.26 Å². The summed E-state index contributed by atoms with van der Waals surface area (Å²) in [5.41, 5.74) is -1.33. The molecule has 0 aliphatic rings. The zero-order valence-corrected chi connectivity index (χ0v) is 11.7. The molecule has 1 aromatic rings. The normalized spacial score (nSPS) is 12.9. The number of benzene rings is 1. The highest BCUT2D eigenvalue weighted by Gasteiger charge is 2.31. The molecule has 0 spiro atoms. The average molecular weight is 293 g/mol. The zero-order chi connectivity index (χ0) is 16.0. The van der Waals surface area contributed by atoms with Crippen molar-refractivity contribution in [3.05, 3.63) is 29.6 Å². The van der Waals surface area contributed by atoms with Gasteiger partial charge in [-0.05, 0) is 25.5 Å². The van der Waals surface area contributed by atoms with E-state index in [2.05, 4.69) is 10.6 Å². The number of carboxylic acids is 1. The van der Waals surface area contributed by atoms with Crippen molar-refractivity contribution < 1.29 is 19.1 Å². The van der Waals surface area contributed by atoms with Crippen LogP contribution >= 0.6 is 0 Å². The van der Waals surface area contributed by atoms with E-state index in [1.807, 2.05) is 0 Å². The lowest BCUT2D eigenvalue weighted by molar-refractivity contribution is -0.147. The summed E-state index contributed by atoms with van der Waals surface area (Å²) in [5.74, 6) is -1.76. The third-order valence-corrected chi connectivity index (χ3v) is 3.31. The number of carbonyl (C=O) groups is 2. The molecule has 0 aliphatic carbocycles. The van der Waals surface area contributed by atoms with Gasteiger partial charge in [-0.25, -0.2) is 9.18 Å². The molecule has 2 amide bonds. The van der Waals surface area contributed by atoms with Crippen LogP contribution in [0.5, 0.6) is 0 Å². The van der Waals surface area contributed by atoms with Crippen LogP contribution in [0.4, 0.5) is 14.9 Å². The highest BCUT2D eigenvalue weighted by atomic mass is 19.1. The summed E-state index contributed by atoms with van der Waals surface area (Å²) in [6.07, 6.45) is 0.339. The van der Waals surface area contributed by atoms with E-state index in [1.165, 1.54) is 19.1 Å². The second-order valence-electron chi connectivity index (χ2n) is 4.80. The minimum atomic E-state index is -1.09. The fourth-order valence-corrected chi connectivity index (χ4v) is 1.54. The van der Waals surface area contributed by atoms with Gasteiger partial charge in [-0.1, -0.05) is 13.0 Å². The lowest BCUT2D eigenvalue weighted by atomic mass is 9.88. The first-order valence-electron chi connectivity index (χ1n) is 6.31. The molecule has 112 valence electrons. The number of nitrogens with one attached hydrogen (secondary N) is 2. The van der Waals surface area contributed by atoms with E-state index in [-0.39, 0.29) is 17.8 Å². The van der Waals surface area contributed by atoms with Crippen LogP contribution < -0.4 is 10.6 Å². The van der Waals surface area contributed by atoms with Gasteiger partial charge in [-0.3, -0.25) is 4.79 Å². The quantitative estimate of drug-likeness (QED) is 0.775. The molecule has 0 fully saturated rings. The summed E-state index contributed by atoms with van der Waals surface area (Å²) in [4.78, 5) is 22.8. The Morgan fingerprint density at radius 1 is 1.48 bits per heavy atom. The number of nitrogens with zero attached hydrogens (tertiary/aromatic N) is 1. The van der Waals surface area contributed by atoms with Gasteiger partial charge >= 0.3 is 12.0 Å². The average Bonchev–Trinajstić information content (AvgIpc) is 2.45. The Balaban J connectivity index is 2.74. The van der Waals surface area contributed by atoms with Crippen LogP contribution in [0.15, 0.2) is 18.2 Å². The largest absolute Gasteiger partial charge is 0.481 e. The van der Waals surface area contributed by atoms with Gasteiger partial charge in [0.05, 0.1) is 11.1 Å². The predicted molar refractivity (Wildman–Crippen MR) is 74.2 cm³/mol. The molecule has 0 aromatic heterocycles. The maximum atomic E-state index is 13.4. The first kappa shape index (κ1) is 16.4. The van der Waals surface area contributed by atoms with Gasteiger partial charge in [-0.2, -0.15) is 5.26 Å². The van der Waals surface area contributed by atoms with Crippen molar-refractivity contribution in [3.8, 4) is 6.07 Å². The number of nitriles is 1. The first-order valence-corrected chi connectivity index (χ1v) is 6.31. The number of amides is 2. The molecule has 1 aromatic carbocycles. The molecule has 6 nitrogen and oxygen atoms in total. The van der Waals surface area contributed by atoms with Crippen LogP contribution in [0.2, 0.25) is 0 Å². The number of hydrogen-bond acceptors (Lipinski definition) is 3. The van der Waals surface area contributed by atoms with E-state index >= 15 is 0 Å². The Hall–Kier alpha value is -2.62. The van der Waals surface area contributed by atoms with Gasteiger partial charge in [0.2, 0.25) is 0 Å². The molecule has 1 atom stereocenters. The third kappa shape index (κ3) is 3.92. The number of carbonyl (C=O) groups excluding carboxylic acids is 1. The van der Waals surface area contributed by atoms with E-state index in [0.717, 1.165) is 6.07 Å². The van der Waals surface area contributed by atoms with Crippen molar-refractivity contribution in [1.82, 2.24) is 5.32 Å². The third-order valence-electron chi connectivity index (χ3n) is 3.31. The predicted octanol–water partition coefficient (Wildman–Crippen LogP) is 2.32. The van der Waals surface area contributed by atoms with Crippen molar-refractivity contribution in [2.75, 3.05) is 11.9 Å². The zero-order valence-electron chi connectivity index (χ0n) is 11.7. The number of carboxylic acid groups (broad SMARTS) is 1. The molecular weight excluding hydrogens is 277 g/mol. The van der Waals surface area contributed by atoms with Crippen LogP contribution in [0.1, 0.15) is 25.8 Å². The van der Waals surface area contributed by atoms with Gasteiger partial charge in [-0.15, -0.1) is 0 Å². The number of rotatable bonds is 5. The number of hydrogen-bond donors (Lipinski definition) is 3. The maximum Gasteiger partial charge on any atom is 0.319 e. The molecule has 1 rings (SSSR count). The monoisotopic (exact) mass is 293 g/mol. The van der Waals surface area contributed by atoms with E-state index in [9.17, 15) is 14.0 Å². The fraction of sp³-hybridized carbons (Fsp3) is 0.357. The van der Waals surface area contributed by atoms with Crippen LogP contribution in [-0.2, 0) is 4.79 Å². The molecule has 0 bridgehead atoms. The number of halogens is 1. The van der Waals surface area contributed by atoms with Crippen molar-refractivity contribution in [2.45, 2.75) is 20.3 Å². The SMILES string of the molecule is CCC(C)(CNC(=O)Nc1cccc(F)c1C#N)C(=O)O. The number of aliphatic carboxylic acids is 1. The topological polar surface area (TPSA) is 102 Å². The lowest BCUT2D eigenvalue weighted by Gasteiger charge is -2.23. The van der Waals surface area contributed by atoms with E-state index < -0.39 is 23.2 Å². The Kier molecular flexibility index (Phi) is 5.24. The minimum absolute atomic E-state index is 0.0310. The summed E-state index contributed by atoms with van der Waals surface area (Å²) in [6, 6.07) is 4.82. The van der Waals surface area contributed by atoms with E-state index in [0.29, 0.717) is 6.42 Å².